The highest BCUT2D eigenvalue weighted by Gasteiger charge is 2.25. The fourth-order valence-corrected chi connectivity index (χ4v) is 3.39. The molecule has 0 unspecified atom stereocenters. The van der Waals surface area contributed by atoms with Gasteiger partial charge in [-0.3, -0.25) is 9.59 Å². The Labute approximate surface area is 172 Å². The minimum atomic E-state index is -0.351. The Bertz CT molecular complexity index is 1130. The maximum absolute atomic E-state index is 12.8. The molecule has 9 nitrogen and oxygen atoms in total. The number of fused-ring (bicyclic) bond motifs is 1. The first-order valence-corrected chi connectivity index (χ1v) is 9.74. The molecule has 2 aromatic carbocycles. The molecule has 30 heavy (non-hydrogen) atoms. The van der Waals surface area contributed by atoms with E-state index in [1.54, 1.807) is 65.3 Å². The van der Waals surface area contributed by atoms with Gasteiger partial charge in [0.25, 0.3) is 11.5 Å². The zero-order valence-corrected chi connectivity index (χ0v) is 16.5. The Hall–Kier alpha value is -3.75. The van der Waals surface area contributed by atoms with E-state index in [9.17, 15) is 14.4 Å². The summed E-state index contributed by atoms with van der Waals surface area (Å²) in [7, 11) is 0. The van der Waals surface area contributed by atoms with Crippen LogP contribution in [0, 0.1) is 0 Å². The van der Waals surface area contributed by atoms with Crippen molar-refractivity contribution in [3.05, 3.63) is 64.4 Å². The highest BCUT2D eigenvalue weighted by atomic mass is 16.6. The van der Waals surface area contributed by atoms with E-state index in [0.717, 1.165) is 0 Å². The summed E-state index contributed by atoms with van der Waals surface area (Å²) in [6.45, 7) is 3.84. The summed E-state index contributed by atoms with van der Waals surface area (Å²) < 4.78 is 6.21. The second kappa shape index (κ2) is 8.32. The van der Waals surface area contributed by atoms with Gasteiger partial charge in [0.1, 0.15) is 5.52 Å². The number of aromatic nitrogens is 3. The van der Waals surface area contributed by atoms with Gasteiger partial charge in [0, 0.05) is 31.7 Å². The molecule has 1 aliphatic rings. The van der Waals surface area contributed by atoms with Crippen molar-refractivity contribution in [2.24, 2.45) is 0 Å². The first-order chi connectivity index (χ1) is 14.6. The summed E-state index contributed by atoms with van der Waals surface area (Å²) >= 11 is 0. The summed E-state index contributed by atoms with van der Waals surface area (Å²) in [5.74, 6) is -0.123. The van der Waals surface area contributed by atoms with Crippen molar-refractivity contribution in [2.45, 2.75) is 6.92 Å². The SMILES string of the molecule is CCOC(=O)N1CCN(C(=O)c2ccc(-n3nnc4ccccc4c3=O)cc2)CC1. The van der Waals surface area contributed by atoms with Gasteiger partial charge in [-0.25, -0.2) is 4.79 Å². The van der Waals surface area contributed by atoms with E-state index in [0.29, 0.717) is 54.9 Å². The monoisotopic (exact) mass is 407 g/mol. The van der Waals surface area contributed by atoms with Gasteiger partial charge in [0.05, 0.1) is 17.7 Å². The molecule has 0 bridgehead atoms. The van der Waals surface area contributed by atoms with E-state index in [-0.39, 0.29) is 17.6 Å². The van der Waals surface area contributed by atoms with Gasteiger partial charge in [0.2, 0.25) is 0 Å². The number of carbonyl (C=O) groups is 2. The average molecular weight is 407 g/mol. The van der Waals surface area contributed by atoms with Crippen molar-refractivity contribution in [3.8, 4) is 5.69 Å². The molecule has 3 aromatic rings. The van der Waals surface area contributed by atoms with Crippen molar-refractivity contribution in [1.29, 1.82) is 0 Å². The smallest absolute Gasteiger partial charge is 0.409 e. The van der Waals surface area contributed by atoms with Crippen LogP contribution in [0.15, 0.2) is 53.3 Å². The lowest BCUT2D eigenvalue weighted by Gasteiger charge is -2.34. The standard InChI is InChI=1S/C21H21N5O4/c1-2-30-21(29)25-13-11-24(12-14-25)19(27)15-7-9-16(10-8-15)26-20(28)17-5-3-4-6-18(17)22-23-26/h3-10H,2,11-14H2,1H3. The largest absolute Gasteiger partial charge is 0.450 e. The third-order valence-corrected chi connectivity index (χ3v) is 5.02. The van der Waals surface area contributed by atoms with E-state index in [1.807, 2.05) is 0 Å². The Kier molecular flexibility index (Phi) is 5.42. The van der Waals surface area contributed by atoms with Crippen LogP contribution in [-0.2, 0) is 4.74 Å². The van der Waals surface area contributed by atoms with E-state index < -0.39 is 0 Å². The summed E-state index contributed by atoms with van der Waals surface area (Å²) in [5, 5.41) is 8.55. The molecule has 1 saturated heterocycles. The van der Waals surface area contributed by atoms with Crippen LogP contribution in [0.2, 0.25) is 0 Å². The summed E-state index contributed by atoms with van der Waals surface area (Å²) in [5.41, 5.74) is 1.30. The third kappa shape index (κ3) is 3.73. The van der Waals surface area contributed by atoms with E-state index in [2.05, 4.69) is 10.3 Å². The van der Waals surface area contributed by atoms with Crippen molar-refractivity contribution in [3.63, 3.8) is 0 Å². The number of hydrogen-bond acceptors (Lipinski definition) is 6. The molecule has 0 spiro atoms. The second-order valence-electron chi connectivity index (χ2n) is 6.85. The highest BCUT2D eigenvalue weighted by Crippen LogP contribution is 2.13. The van der Waals surface area contributed by atoms with Crippen LogP contribution < -0.4 is 5.56 Å². The zero-order chi connectivity index (χ0) is 21.1. The number of ether oxygens (including phenoxy) is 1. The van der Waals surface area contributed by atoms with Crippen molar-refractivity contribution in [2.75, 3.05) is 32.8 Å². The van der Waals surface area contributed by atoms with E-state index in [1.165, 1.54) is 4.68 Å². The van der Waals surface area contributed by atoms with Crippen LogP contribution in [0.3, 0.4) is 0 Å². The number of carbonyl (C=O) groups excluding carboxylic acids is 2. The molecule has 0 atom stereocenters. The molecule has 1 aromatic heterocycles. The van der Waals surface area contributed by atoms with Crippen LogP contribution in [0.5, 0.6) is 0 Å². The first kappa shape index (κ1) is 19.6. The van der Waals surface area contributed by atoms with Gasteiger partial charge in [-0.15, -0.1) is 5.10 Å². The number of rotatable bonds is 3. The molecular formula is C21H21N5O4. The fraction of sp³-hybridized carbons (Fsp3) is 0.286. The third-order valence-electron chi connectivity index (χ3n) is 5.02. The quantitative estimate of drug-likeness (QED) is 0.655. The van der Waals surface area contributed by atoms with Crippen LogP contribution in [0.4, 0.5) is 4.79 Å². The predicted molar refractivity (Wildman–Crippen MR) is 110 cm³/mol. The first-order valence-electron chi connectivity index (χ1n) is 9.74. The lowest BCUT2D eigenvalue weighted by molar-refractivity contribution is 0.0570. The number of benzene rings is 2. The molecule has 0 saturated carbocycles. The highest BCUT2D eigenvalue weighted by molar-refractivity contribution is 5.94. The molecule has 0 radical (unpaired) electrons. The van der Waals surface area contributed by atoms with Crippen LogP contribution in [0.1, 0.15) is 17.3 Å². The molecule has 0 aliphatic carbocycles. The number of hydrogen-bond donors (Lipinski definition) is 0. The maximum Gasteiger partial charge on any atom is 0.409 e. The summed E-state index contributed by atoms with van der Waals surface area (Å²) in [4.78, 5) is 40.5. The van der Waals surface area contributed by atoms with Gasteiger partial charge in [0.15, 0.2) is 0 Å². The van der Waals surface area contributed by atoms with Crippen molar-refractivity contribution >= 4 is 22.9 Å². The molecule has 9 heteroatoms. The number of amides is 2. The maximum atomic E-state index is 12.8. The summed E-state index contributed by atoms with van der Waals surface area (Å²) in [6, 6.07) is 13.7. The van der Waals surface area contributed by atoms with Gasteiger partial charge in [-0.1, -0.05) is 17.3 Å². The second-order valence-corrected chi connectivity index (χ2v) is 6.85. The Morgan fingerprint density at radius 1 is 0.967 bits per heavy atom. The fourth-order valence-electron chi connectivity index (χ4n) is 3.39. The Morgan fingerprint density at radius 2 is 1.63 bits per heavy atom. The predicted octanol–water partition coefficient (Wildman–Crippen LogP) is 1.69. The molecule has 154 valence electrons. The van der Waals surface area contributed by atoms with E-state index in [4.69, 9.17) is 4.74 Å². The lowest BCUT2D eigenvalue weighted by Crippen LogP contribution is -2.50. The number of piperazine rings is 1. The van der Waals surface area contributed by atoms with Crippen molar-refractivity contribution < 1.29 is 14.3 Å². The molecule has 2 heterocycles. The van der Waals surface area contributed by atoms with Gasteiger partial charge in [-0.05, 0) is 43.3 Å². The molecule has 1 aliphatic heterocycles. The topological polar surface area (TPSA) is 97.6 Å². The lowest BCUT2D eigenvalue weighted by atomic mass is 10.1. The van der Waals surface area contributed by atoms with E-state index >= 15 is 0 Å². The van der Waals surface area contributed by atoms with Crippen LogP contribution in [0.25, 0.3) is 16.6 Å². The molecule has 1 fully saturated rings. The average Bonchev–Trinajstić information content (AvgIpc) is 2.79. The normalized spacial score (nSPS) is 14.0. The van der Waals surface area contributed by atoms with Gasteiger partial charge in [-0.2, -0.15) is 4.68 Å². The molecule has 0 N–H and O–H groups in total. The van der Waals surface area contributed by atoms with Crippen LogP contribution >= 0.6 is 0 Å². The van der Waals surface area contributed by atoms with Gasteiger partial charge < -0.3 is 14.5 Å². The minimum Gasteiger partial charge on any atom is -0.450 e. The number of nitrogens with zero attached hydrogens (tertiary/aromatic N) is 5. The van der Waals surface area contributed by atoms with Gasteiger partial charge >= 0.3 is 6.09 Å². The van der Waals surface area contributed by atoms with Crippen LogP contribution in [-0.4, -0.2) is 69.6 Å². The Balaban J connectivity index is 1.48. The molecule has 4 rings (SSSR count). The minimum absolute atomic E-state index is 0.123. The molecule has 2 amide bonds. The Morgan fingerprint density at radius 3 is 2.33 bits per heavy atom. The molecular weight excluding hydrogens is 386 g/mol. The summed E-state index contributed by atoms with van der Waals surface area (Å²) in [6.07, 6.45) is -0.351. The zero-order valence-electron chi connectivity index (χ0n) is 16.5. The van der Waals surface area contributed by atoms with Crippen molar-refractivity contribution in [1.82, 2.24) is 24.8 Å².